The summed E-state index contributed by atoms with van der Waals surface area (Å²) in [4.78, 5) is 0. The number of rotatable bonds is 4. The highest BCUT2D eigenvalue weighted by Crippen LogP contribution is 2.47. The lowest BCUT2D eigenvalue weighted by atomic mass is 9.73. The molecule has 120 valence electrons. The molecule has 2 aliphatic carbocycles. The zero-order valence-electron chi connectivity index (χ0n) is 13.3. The highest BCUT2D eigenvalue weighted by Gasteiger charge is 2.43. The van der Waals surface area contributed by atoms with Crippen molar-refractivity contribution in [3.05, 3.63) is 0 Å². The molecule has 21 heavy (non-hydrogen) atoms. The Labute approximate surface area is 134 Å². The fourth-order valence-electron chi connectivity index (χ4n) is 5.07. The van der Waals surface area contributed by atoms with E-state index in [1.54, 1.807) is 0 Å². The van der Waals surface area contributed by atoms with Crippen LogP contribution in [0.5, 0.6) is 0 Å². The molecule has 0 aromatic rings. The second-order valence-electron chi connectivity index (χ2n) is 7.93. The van der Waals surface area contributed by atoms with Crippen LogP contribution in [0.15, 0.2) is 0 Å². The van der Waals surface area contributed by atoms with Gasteiger partial charge in [0.05, 0.1) is 5.60 Å². The van der Waals surface area contributed by atoms with Gasteiger partial charge in [-0.2, -0.15) is 11.8 Å². The molecule has 4 aliphatic rings. The van der Waals surface area contributed by atoms with E-state index in [-0.39, 0.29) is 5.60 Å². The minimum Gasteiger partial charge on any atom is -0.375 e. The maximum Gasteiger partial charge on any atom is 0.0701 e. The molecule has 2 nitrogen and oxygen atoms in total. The van der Waals surface area contributed by atoms with Gasteiger partial charge in [0.2, 0.25) is 0 Å². The number of ether oxygens (including phenoxy) is 1. The first-order chi connectivity index (χ1) is 10.3. The van der Waals surface area contributed by atoms with Crippen molar-refractivity contribution < 1.29 is 4.74 Å². The molecule has 3 heteroatoms. The zero-order valence-corrected chi connectivity index (χ0v) is 14.1. The molecule has 3 atom stereocenters. The summed E-state index contributed by atoms with van der Waals surface area (Å²) in [6, 6.07) is 0.877. The maximum absolute atomic E-state index is 6.31. The topological polar surface area (TPSA) is 21.3 Å². The summed E-state index contributed by atoms with van der Waals surface area (Å²) in [6.45, 7) is 2.34. The Hall–Kier alpha value is 0.270. The van der Waals surface area contributed by atoms with Crippen LogP contribution in [0.1, 0.15) is 57.8 Å². The molecule has 2 heterocycles. The summed E-state index contributed by atoms with van der Waals surface area (Å²) >= 11 is 2.12. The van der Waals surface area contributed by atoms with E-state index >= 15 is 0 Å². The van der Waals surface area contributed by atoms with Crippen molar-refractivity contribution in [3.8, 4) is 0 Å². The fourth-order valence-corrected chi connectivity index (χ4v) is 6.30. The van der Waals surface area contributed by atoms with Crippen LogP contribution >= 0.6 is 11.8 Å². The van der Waals surface area contributed by atoms with Crippen molar-refractivity contribution in [3.63, 3.8) is 0 Å². The summed E-state index contributed by atoms with van der Waals surface area (Å²) in [5.41, 5.74) is 0.283. The van der Waals surface area contributed by atoms with Gasteiger partial charge in [0.15, 0.2) is 0 Å². The Morgan fingerprint density at radius 2 is 1.90 bits per heavy atom. The van der Waals surface area contributed by atoms with Crippen molar-refractivity contribution in [1.29, 1.82) is 0 Å². The van der Waals surface area contributed by atoms with Crippen molar-refractivity contribution in [2.75, 3.05) is 24.7 Å². The molecule has 0 radical (unpaired) electrons. The summed E-state index contributed by atoms with van der Waals surface area (Å²) < 4.78 is 6.31. The lowest BCUT2D eigenvalue weighted by Gasteiger charge is -2.45. The van der Waals surface area contributed by atoms with Crippen molar-refractivity contribution in [2.24, 2.45) is 17.8 Å². The predicted octanol–water partition coefficient (Wildman–Crippen LogP) is 3.85. The monoisotopic (exact) mass is 309 g/mol. The highest BCUT2D eigenvalue weighted by molar-refractivity contribution is 7.99. The average Bonchev–Trinajstić information content (AvgIpc) is 3.22. The van der Waals surface area contributed by atoms with E-state index in [2.05, 4.69) is 17.1 Å². The van der Waals surface area contributed by atoms with Crippen molar-refractivity contribution in [1.82, 2.24) is 5.32 Å². The third-order valence-corrected chi connectivity index (χ3v) is 7.49. The Kier molecular flexibility index (Phi) is 4.53. The predicted molar refractivity (Wildman–Crippen MR) is 89.8 cm³/mol. The molecule has 0 aromatic heterocycles. The minimum absolute atomic E-state index is 0.283. The maximum atomic E-state index is 6.31. The average molecular weight is 310 g/mol. The number of nitrogens with one attached hydrogen (secondary N) is 1. The smallest absolute Gasteiger partial charge is 0.0701 e. The number of hydrogen-bond acceptors (Lipinski definition) is 3. The van der Waals surface area contributed by atoms with Crippen LogP contribution in [0.2, 0.25) is 0 Å². The molecule has 4 rings (SSSR count). The summed E-state index contributed by atoms with van der Waals surface area (Å²) in [5.74, 6) is 5.55. The van der Waals surface area contributed by atoms with Gasteiger partial charge in [-0.05, 0) is 87.2 Å². The lowest BCUT2D eigenvalue weighted by Crippen LogP contribution is -2.45. The zero-order chi connectivity index (χ0) is 14.1. The quantitative estimate of drug-likeness (QED) is 0.852. The molecule has 2 saturated heterocycles. The molecular formula is C18H31NOS. The van der Waals surface area contributed by atoms with E-state index < -0.39 is 0 Å². The Morgan fingerprint density at radius 1 is 1.05 bits per heavy atom. The van der Waals surface area contributed by atoms with Gasteiger partial charge in [-0.3, -0.25) is 0 Å². The number of hydrogen-bond donors (Lipinski definition) is 1. The summed E-state index contributed by atoms with van der Waals surface area (Å²) in [7, 11) is 0. The molecule has 2 aliphatic heterocycles. The Morgan fingerprint density at radius 3 is 2.71 bits per heavy atom. The number of thioether (sulfide) groups is 1. The molecule has 1 N–H and O–H groups in total. The van der Waals surface area contributed by atoms with Crippen LogP contribution in [0.3, 0.4) is 0 Å². The molecule has 0 aromatic carbocycles. The first kappa shape index (κ1) is 14.8. The molecule has 1 spiro atoms. The normalized spacial score (nSPS) is 39.7. The van der Waals surface area contributed by atoms with Crippen LogP contribution < -0.4 is 5.32 Å². The first-order valence-electron chi connectivity index (χ1n) is 9.30. The highest BCUT2D eigenvalue weighted by atomic mass is 32.2. The molecular weight excluding hydrogens is 278 g/mol. The molecule has 3 unspecified atom stereocenters. The SMILES string of the molecule is C1CC(CNC2CC2)C(C2CCOC3(CCSCC3)C2)C1. The van der Waals surface area contributed by atoms with Crippen molar-refractivity contribution in [2.45, 2.75) is 69.4 Å². The van der Waals surface area contributed by atoms with Crippen LogP contribution in [0.4, 0.5) is 0 Å². The van der Waals surface area contributed by atoms with Gasteiger partial charge in [0.25, 0.3) is 0 Å². The summed E-state index contributed by atoms with van der Waals surface area (Å²) in [5, 5.41) is 3.80. The summed E-state index contributed by atoms with van der Waals surface area (Å²) in [6.07, 6.45) is 12.6. The van der Waals surface area contributed by atoms with E-state index in [1.807, 2.05) is 0 Å². The van der Waals surface area contributed by atoms with E-state index in [0.29, 0.717) is 0 Å². The van der Waals surface area contributed by atoms with Crippen molar-refractivity contribution >= 4 is 11.8 Å². The van der Waals surface area contributed by atoms with Gasteiger partial charge < -0.3 is 10.1 Å². The van der Waals surface area contributed by atoms with Crippen LogP contribution in [-0.4, -0.2) is 36.3 Å². The largest absolute Gasteiger partial charge is 0.375 e. The fraction of sp³-hybridized carbons (Fsp3) is 1.00. The van der Waals surface area contributed by atoms with E-state index in [9.17, 15) is 0 Å². The van der Waals surface area contributed by atoms with Gasteiger partial charge in [0.1, 0.15) is 0 Å². The third kappa shape index (κ3) is 3.45. The molecule has 0 bridgehead atoms. The third-order valence-electron chi connectivity index (χ3n) is 6.50. The second-order valence-corrected chi connectivity index (χ2v) is 9.16. The Bertz CT molecular complexity index is 346. The van der Waals surface area contributed by atoms with E-state index in [0.717, 1.165) is 30.4 Å². The van der Waals surface area contributed by atoms with Crippen LogP contribution in [0.25, 0.3) is 0 Å². The van der Waals surface area contributed by atoms with Gasteiger partial charge in [-0.15, -0.1) is 0 Å². The second kappa shape index (κ2) is 6.41. The van der Waals surface area contributed by atoms with Crippen LogP contribution in [0, 0.1) is 17.8 Å². The van der Waals surface area contributed by atoms with Gasteiger partial charge >= 0.3 is 0 Å². The minimum atomic E-state index is 0.283. The van der Waals surface area contributed by atoms with Crippen LogP contribution in [-0.2, 0) is 4.74 Å². The first-order valence-corrected chi connectivity index (χ1v) is 10.5. The van der Waals surface area contributed by atoms with E-state index in [4.69, 9.17) is 4.74 Å². The Balaban J connectivity index is 1.37. The van der Waals surface area contributed by atoms with E-state index in [1.165, 1.54) is 75.8 Å². The molecule has 2 saturated carbocycles. The van der Waals surface area contributed by atoms with Gasteiger partial charge in [0, 0.05) is 12.6 Å². The van der Waals surface area contributed by atoms with Gasteiger partial charge in [-0.1, -0.05) is 6.42 Å². The van der Waals surface area contributed by atoms with Gasteiger partial charge in [-0.25, -0.2) is 0 Å². The standard InChI is InChI=1S/C18H31NOS/c1-2-15(13-19-16-4-5-16)17(3-1)14-6-9-20-18(12-14)7-10-21-11-8-18/h14-17,19H,1-13H2. The lowest BCUT2D eigenvalue weighted by molar-refractivity contribution is -0.113. The molecule has 4 fully saturated rings. The molecule has 0 amide bonds.